The van der Waals surface area contributed by atoms with Crippen molar-refractivity contribution in [2.24, 2.45) is 0 Å². The minimum atomic E-state index is -0.793. The summed E-state index contributed by atoms with van der Waals surface area (Å²) in [7, 11) is 0. The molecule has 1 atom stereocenters. The highest BCUT2D eigenvalue weighted by Crippen LogP contribution is 2.33. The molecule has 0 fully saturated rings. The van der Waals surface area contributed by atoms with Gasteiger partial charge in [-0.3, -0.25) is 0 Å². The molecule has 0 unspecified atom stereocenters. The van der Waals surface area contributed by atoms with E-state index in [4.69, 9.17) is 4.74 Å². The fourth-order valence-electron chi connectivity index (χ4n) is 1.58. The van der Waals surface area contributed by atoms with Gasteiger partial charge in [0, 0.05) is 5.56 Å². The van der Waals surface area contributed by atoms with Crippen molar-refractivity contribution in [2.45, 2.75) is 13.0 Å². The highest BCUT2D eigenvalue weighted by Gasteiger charge is 2.12. The van der Waals surface area contributed by atoms with Gasteiger partial charge in [-0.25, -0.2) is 4.39 Å². The van der Waals surface area contributed by atoms with Gasteiger partial charge in [-0.15, -0.1) is 0 Å². The Morgan fingerprint density at radius 3 is 2.56 bits per heavy atom. The molecule has 2 aromatic rings. The predicted octanol–water partition coefficient (Wildman–Crippen LogP) is 4.43. The van der Waals surface area contributed by atoms with Crippen LogP contribution in [0.5, 0.6) is 11.5 Å². The van der Waals surface area contributed by atoms with Crippen LogP contribution in [0.15, 0.2) is 46.9 Å². The number of benzene rings is 2. The lowest BCUT2D eigenvalue weighted by Crippen LogP contribution is -1.97. The molecule has 0 bridgehead atoms. The minimum absolute atomic E-state index is 0.398. The van der Waals surface area contributed by atoms with Gasteiger partial charge in [-0.05, 0) is 53.2 Å². The molecule has 4 heteroatoms. The number of para-hydroxylation sites is 1. The van der Waals surface area contributed by atoms with Crippen LogP contribution >= 0.6 is 15.9 Å². The van der Waals surface area contributed by atoms with Gasteiger partial charge in [0.1, 0.15) is 17.3 Å². The number of rotatable bonds is 3. The topological polar surface area (TPSA) is 29.5 Å². The first kappa shape index (κ1) is 13.1. The number of aliphatic hydroxyl groups excluding tert-OH is 1. The monoisotopic (exact) mass is 310 g/mol. The molecule has 2 nitrogen and oxygen atoms in total. The molecule has 1 N–H and O–H groups in total. The predicted molar refractivity (Wildman–Crippen MR) is 71.2 cm³/mol. The summed E-state index contributed by atoms with van der Waals surface area (Å²) < 4.78 is 19.6. The zero-order chi connectivity index (χ0) is 13.1. The molecular weight excluding hydrogens is 299 g/mol. The summed E-state index contributed by atoms with van der Waals surface area (Å²) in [5.41, 5.74) is 0.422. The van der Waals surface area contributed by atoms with Crippen molar-refractivity contribution in [3.05, 3.63) is 58.3 Å². The van der Waals surface area contributed by atoms with Crippen molar-refractivity contribution in [1.29, 1.82) is 0 Å². The standard InChI is InChI=1S/C14H12BrFO2/c1-9(17)11-8-10(16)6-7-13(11)18-14-5-3-2-4-12(14)15/h2-9,17H,1H3/t9-/m1/s1. The third-order valence-corrected chi connectivity index (χ3v) is 3.13. The van der Waals surface area contributed by atoms with Gasteiger partial charge in [0.2, 0.25) is 0 Å². The van der Waals surface area contributed by atoms with Crippen LogP contribution < -0.4 is 4.74 Å². The van der Waals surface area contributed by atoms with Crippen molar-refractivity contribution in [3.8, 4) is 11.5 Å². The van der Waals surface area contributed by atoms with E-state index < -0.39 is 11.9 Å². The Morgan fingerprint density at radius 2 is 1.89 bits per heavy atom. The molecule has 0 saturated heterocycles. The first-order chi connectivity index (χ1) is 8.58. The zero-order valence-corrected chi connectivity index (χ0v) is 11.3. The normalized spacial score (nSPS) is 12.2. The summed E-state index contributed by atoms with van der Waals surface area (Å²) in [6.07, 6.45) is -0.793. The molecule has 0 spiro atoms. The Hall–Kier alpha value is -1.39. The van der Waals surface area contributed by atoms with Gasteiger partial charge in [-0.1, -0.05) is 12.1 Å². The van der Waals surface area contributed by atoms with Crippen LogP contribution in [-0.4, -0.2) is 5.11 Å². The van der Waals surface area contributed by atoms with Crippen LogP contribution in [0, 0.1) is 5.82 Å². The number of halogens is 2. The van der Waals surface area contributed by atoms with Crippen molar-refractivity contribution in [1.82, 2.24) is 0 Å². The fourth-order valence-corrected chi connectivity index (χ4v) is 1.95. The van der Waals surface area contributed by atoms with Crippen molar-refractivity contribution in [2.75, 3.05) is 0 Å². The average molecular weight is 311 g/mol. The zero-order valence-electron chi connectivity index (χ0n) is 9.73. The second kappa shape index (κ2) is 5.50. The summed E-state index contributed by atoms with van der Waals surface area (Å²) in [6, 6.07) is 11.4. The Labute approximate surface area is 113 Å². The van der Waals surface area contributed by atoms with Gasteiger partial charge >= 0.3 is 0 Å². The van der Waals surface area contributed by atoms with Crippen LogP contribution in [0.1, 0.15) is 18.6 Å². The second-order valence-electron chi connectivity index (χ2n) is 3.89. The Morgan fingerprint density at radius 1 is 1.17 bits per heavy atom. The van der Waals surface area contributed by atoms with Crippen LogP contribution in [0.4, 0.5) is 4.39 Å². The summed E-state index contributed by atoms with van der Waals surface area (Å²) in [5, 5.41) is 9.62. The molecule has 0 aromatic heterocycles. The van der Waals surface area contributed by atoms with Crippen LogP contribution in [0.25, 0.3) is 0 Å². The van der Waals surface area contributed by atoms with Gasteiger partial charge in [0.15, 0.2) is 0 Å². The van der Waals surface area contributed by atoms with E-state index in [0.717, 1.165) is 4.47 Å². The Kier molecular flexibility index (Phi) is 3.99. The van der Waals surface area contributed by atoms with E-state index in [1.807, 2.05) is 18.2 Å². The molecule has 0 aliphatic rings. The van der Waals surface area contributed by atoms with Crippen molar-refractivity contribution in [3.63, 3.8) is 0 Å². The van der Waals surface area contributed by atoms with E-state index in [2.05, 4.69) is 15.9 Å². The smallest absolute Gasteiger partial charge is 0.141 e. The Bertz CT molecular complexity index is 555. The third kappa shape index (κ3) is 2.89. The molecule has 0 saturated carbocycles. The molecular formula is C14H12BrFO2. The summed E-state index contributed by atoms with van der Waals surface area (Å²) >= 11 is 3.37. The van der Waals surface area contributed by atoms with Crippen LogP contribution in [-0.2, 0) is 0 Å². The molecule has 0 amide bonds. The number of hydrogen-bond acceptors (Lipinski definition) is 2. The highest BCUT2D eigenvalue weighted by molar-refractivity contribution is 9.10. The van der Waals surface area contributed by atoms with Gasteiger partial charge in [0.25, 0.3) is 0 Å². The molecule has 0 radical (unpaired) electrons. The van der Waals surface area contributed by atoms with E-state index >= 15 is 0 Å². The fraction of sp³-hybridized carbons (Fsp3) is 0.143. The quantitative estimate of drug-likeness (QED) is 0.908. The van der Waals surface area contributed by atoms with Gasteiger partial charge in [-0.2, -0.15) is 0 Å². The number of ether oxygens (including phenoxy) is 1. The Balaban J connectivity index is 2.37. The molecule has 0 aliphatic heterocycles. The van der Waals surface area contributed by atoms with E-state index in [1.165, 1.54) is 18.2 Å². The summed E-state index contributed by atoms with van der Waals surface area (Å²) in [4.78, 5) is 0. The summed E-state index contributed by atoms with van der Waals surface area (Å²) in [6.45, 7) is 1.57. The first-order valence-electron chi connectivity index (χ1n) is 5.48. The maximum absolute atomic E-state index is 13.1. The number of hydrogen-bond donors (Lipinski definition) is 1. The molecule has 94 valence electrons. The second-order valence-corrected chi connectivity index (χ2v) is 4.74. The minimum Gasteiger partial charge on any atom is -0.456 e. The van der Waals surface area contributed by atoms with Gasteiger partial charge < -0.3 is 9.84 Å². The maximum Gasteiger partial charge on any atom is 0.141 e. The van der Waals surface area contributed by atoms with E-state index in [-0.39, 0.29) is 0 Å². The first-order valence-corrected chi connectivity index (χ1v) is 6.27. The lowest BCUT2D eigenvalue weighted by Gasteiger charge is -2.14. The molecule has 0 aliphatic carbocycles. The highest BCUT2D eigenvalue weighted by atomic mass is 79.9. The molecule has 2 rings (SSSR count). The van der Waals surface area contributed by atoms with E-state index in [1.54, 1.807) is 13.0 Å². The van der Waals surface area contributed by atoms with Crippen molar-refractivity contribution < 1.29 is 14.2 Å². The largest absolute Gasteiger partial charge is 0.456 e. The van der Waals surface area contributed by atoms with Crippen LogP contribution in [0.3, 0.4) is 0 Å². The van der Waals surface area contributed by atoms with E-state index in [9.17, 15) is 9.50 Å². The molecule has 0 heterocycles. The van der Waals surface area contributed by atoms with Crippen molar-refractivity contribution >= 4 is 15.9 Å². The maximum atomic E-state index is 13.1. The van der Waals surface area contributed by atoms with Gasteiger partial charge in [0.05, 0.1) is 10.6 Å². The summed E-state index contributed by atoms with van der Waals surface area (Å²) in [5.74, 6) is 0.662. The van der Waals surface area contributed by atoms with Crippen LogP contribution in [0.2, 0.25) is 0 Å². The third-order valence-electron chi connectivity index (χ3n) is 2.48. The van der Waals surface area contributed by atoms with E-state index in [0.29, 0.717) is 17.1 Å². The average Bonchev–Trinajstić information content (AvgIpc) is 2.34. The molecule has 2 aromatic carbocycles. The lowest BCUT2D eigenvalue weighted by molar-refractivity contribution is 0.195. The SMILES string of the molecule is C[C@@H](O)c1cc(F)ccc1Oc1ccccc1Br. The number of aliphatic hydroxyl groups is 1. The lowest BCUT2D eigenvalue weighted by atomic mass is 10.1. The molecule has 18 heavy (non-hydrogen) atoms.